The predicted molar refractivity (Wildman–Crippen MR) is 84.1 cm³/mol. The summed E-state index contributed by atoms with van der Waals surface area (Å²) in [5.41, 5.74) is 2.51. The van der Waals surface area contributed by atoms with Gasteiger partial charge in [-0.15, -0.1) is 11.3 Å². The van der Waals surface area contributed by atoms with E-state index in [1.807, 2.05) is 11.0 Å². The molecular formula is C17H18N2OS. The third-order valence-corrected chi connectivity index (χ3v) is 4.77. The Morgan fingerprint density at radius 3 is 2.86 bits per heavy atom. The van der Waals surface area contributed by atoms with Crippen LogP contribution < -0.4 is 0 Å². The molecule has 21 heavy (non-hydrogen) atoms. The molecule has 1 aliphatic heterocycles. The van der Waals surface area contributed by atoms with Crippen molar-refractivity contribution in [1.82, 2.24) is 4.90 Å². The smallest absolute Gasteiger partial charge is 0.179 e. The Kier molecular flexibility index (Phi) is 4.54. The third kappa shape index (κ3) is 3.26. The Hall–Kier alpha value is -1.83. The third-order valence-electron chi connectivity index (χ3n) is 3.77. The minimum absolute atomic E-state index is 0.0230. The molecule has 0 fully saturated rings. The summed E-state index contributed by atoms with van der Waals surface area (Å²) in [7, 11) is 0. The maximum absolute atomic E-state index is 9.14. The van der Waals surface area contributed by atoms with Crippen molar-refractivity contribution in [3.8, 4) is 6.19 Å². The zero-order chi connectivity index (χ0) is 14.5. The van der Waals surface area contributed by atoms with Crippen molar-refractivity contribution in [1.29, 1.82) is 5.26 Å². The Balaban J connectivity index is 1.91. The zero-order valence-corrected chi connectivity index (χ0v) is 12.7. The molecule has 0 N–H and O–H groups in total. The number of hydrogen-bond donors (Lipinski definition) is 0. The number of thiophene rings is 1. The van der Waals surface area contributed by atoms with Gasteiger partial charge in [-0.05, 0) is 35.4 Å². The first-order valence-corrected chi connectivity index (χ1v) is 8.14. The van der Waals surface area contributed by atoms with Crippen LogP contribution in [0.4, 0.5) is 0 Å². The van der Waals surface area contributed by atoms with Crippen LogP contribution in [0.3, 0.4) is 0 Å². The molecule has 2 heterocycles. The number of hydrogen-bond acceptors (Lipinski definition) is 4. The fourth-order valence-electron chi connectivity index (χ4n) is 2.66. The second-order valence-corrected chi connectivity index (χ2v) is 6.11. The first-order chi connectivity index (χ1) is 10.4. The number of nitrogens with zero attached hydrogens (tertiary/aromatic N) is 2. The van der Waals surface area contributed by atoms with E-state index in [-0.39, 0.29) is 6.10 Å². The zero-order valence-electron chi connectivity index (χ0n) is 11.9. The van der Waals surface area contributed by atoms with Gasteiger partial charge >= 0.3 is 0 Å². The van der Waals surface area contributed by atoms with E-state index in [1.54, 1.807) is 11.3 Å². The number of nitriles is 1. The van der Waals surface area contributed by atoms with E-state index in [2.05, 4.69) is 41.9 Å². The van der Waals surface area contributed by atoms with Crippen molar-refractivity contribution in [2.45, 2.75) is 18.9 Å². The lowest BCUT2D eigenvalue weighted by molar-refractivity contribution is 0.0747. The van der Waals surface area contributed by atoms with E-state index in [4.69, 9.17) is 10.00 Å². The lowest BCUT2D eigenvalue weighted by atomic mass is 10.0. The molecule has 2 aromatic rings. The summed E-state index contributed by atoms with van der Waals surface area (Å²) in [6.07, 6.45) is 4.08. The second kappa shape index (κ2) is 6.75. The molecule has 0 spiro atoms. The molecule has 108 valence electrons. The SMILES string of the molecule is N#CN1CCCOC(c2ccccc2)c2sccc2CC1. The fraction of sp³-hybridized carbons (Fsp3) is 0.353. The molecule has 1 aromatic heterocycles. The molecule has 0 saturated carbocycles. The Morgan fingerprint density at radius 1 is 1.19 bits per heavy atom. The van der Waals surface area contributed by atoms with Crippen LogP contribution in [0, 0.1) is 11.5 Å². The van der Waals surface area contributed by atoms with Gasteiger partial charge in [0.15, 0.2) is 6.19 Å². The van der Waals surface area contributed by atoms with Crippen LogP contribution >= 0.6 is 11.3 Å². The van der Waals surface area contributed by atoms with Crippen LogP contribution in [-0.4, -0.2) is 24.6 Å². The lowest BCUT2D eigenvalue weighted by Gasteiger charge is -2.23. The standard InChI is InChI=1S/C17H18N2OS/c18-13-19-9-4-11-20-16(14-5-2-1-3-6-14)17-15(7-10-19)8-12-21-17/h1-3,5-6,8,12,16H,4,7,9-11H2. The highest BCUT2D eigenvalue weighted by molar-refractivity contribution is 7.10. The summed E-state index contributed by atoms with van der Waals surface area (Å²) in [5.74, 6) is 0. The van der Waals surface area contributed by atoms with Crippen molar-refractivity contribution in [3.63, 3.8) is 0 Å². The minimum Gasteiger partial charge on any atom is -0.368 e. The van der Waals surface area contributed by atoms with Gasteiger partial charge in [0, 0.05) is 24.6 Å². The Labute approximate surface area is 129 Å². The predicted octanol–water partition coefficient (Wildman–Crippen LogP) is 3.58. The second-order valence-electron chi connectivity index (χ2n) is 5.16. The number of benzene rings is 1. The molecular weight excluding hydrogens is 280 g/mol. The van der Waals surface area contributed by atoms with Gasteiger partial charge in [-0.3, -0.25) is 0 Å². The molecule has 0 radical (unpaired) electrons. The van der Waals surface area contributed by atoms with E-state index in [0.717, 1.165) is 25.9 Å². The number of fused-ring (bicyclic) bond motifs is 1. The number of ether oxygens (including phenoxy) is 1. The Morgan fingerprint density at radius 2 is 2.05 bits per heavy atom. The maximum atomic E-state index is 9.14. The van der Waals surface area contributed by atoms with Gasteiger partial charge in [0.25, 0.3) is 0 Å². The minimum atomic E-state index is 0.0230. The number of rotatable bonds is 1. The summed E-state index contributed by atoms with van der Waals surface area (Å²) in [5, 5.41) is 11.3. The molecule has 1 atom stereocenters. The molecule has 0 saturated heterocycles. The first kappa shape index (κ1) is 14.1. The summed E-state index contributed by atoms with van der Waals surface area (Å²) in [6.45, 7) is 2.24. The summed E-state index contributed by atoms with van der Waals surface area (Å²) in [4.78, 5) is 3.11. The van der Waals surface area contributed by atoms with E-state index in [9.17, 15) is 0 Å². The summed E-state index contributed by atoms with van der Waals surface area (Å²) >= 11 is 1.75. The van der Waals surface area contributed by atoms with Crippen molar-refractivity contribution in [3.05, 3.63) is 57.8 Å². The molecule has 0 aliphatic carbocycles. The van der Waals surface area contributed by atoms with Crippen LogP contribution in [0.5, 0.6) is 0 Å². The van der Waals surface area contributed by atoms with E-state index >= 15 is 0 Å². The summed E-state index contributed by atoms with van der Waals surface area (Å²) in [6, 6.07) is 12.6. The largest absolute Gasteiger partial charge is 0.368 e. The van der Waals surface area contributed by atoms with Gasteiger partial charge in [-0.2, -0.15) is 5.26 Å². The van der Waals surface area contributed by atoms with Crippen molar-refractivity contribution >= 4 is 11.3 Å². The highest BCUT2D eigenvalue weighted by Crippen LogP contribution is 2.33. The first-order valence-electron chi connectivity index (χ1n) is 7.26. The van der Waals surface area contributed by atoms with E-state index in [0.29, 0.717) is 6.61 Å². The van der Waals surface area contributed by atoms with E-state index in [1.165, 1.54) is 16.0 Å². The molecule has 0 bridgehead atoms. The molecule has 4 heteroatoms. The normalized spacial score (nSPS) is 19.6. The fourth-order valence-corrected chi connectivity index (χ4v) is 3.69. The van der Waals surface area contributed by atoms with Gasteiger partial charge in [0.1, 0.15) is 6.10 Å². The van der Waals surface area contributed by atoms with Gasteiger partial charge < -0.3 is 9.64 Å². The average Bonchev–Trinajstić information content (AvgIpc) is 3.00. The van der Waals surface area contributed by atoms with Gasteiger partial charge in [-0.1, -0.05) is 30.3 Å². The van der Waals surface area contributed by atoms with Crippen LogP contribution in [0.25, 0.3) is 0 Å². The Bertz CT molecular complexity index is 617. The lowest BCUT2D eigenvalue weighted by Crippen LogP contribution is -2.25. The molecule has 3 nitrogen and oxygen atoms in total. The van der Waals surface area contributed by atoms with Gasteiger partial charge in [-0.25, -0.2) is 0 Å². The van der Waals surface area contributed by atoms with E-state index < -0.39 is 0 Å². The van der Waals surface area contributed by atoms with Crippen molar-refractivity contribution in [2.75, 3.05) is 19.7 Å². The van der Waals surface area contributed by atoms with Gasteiger partial charge in [0.2, 0.25) is 0 Å². The highest BCUT2D eigenvalue weighted by Gasteiger charge is 2.21. The topological polar surface area (TPSA) is 36.3 Å². The van der Waals surface area contributed by atoms with Crippen molar-refractivity contribution in [2.24, 2.45) is 0 Å². The molecule has 1 aliphatic rings. The maximum Gasteiger partial charge on any atom is 0.179 e. The average molecular weight is 298 g/mol. The molecule has 1 unspecified atom stereocenters. The van der Waals surface area contributed by atoms with Crippen LogP contribution in [0.2, 0.25) is 0 Å². The highest BCUT2D eigenvalue weighted by atomic mass is 32.1. The molecule has 1 aromatic carbocycles. The molecule has 3 rings (SSSR count). The molecule has 0 amide bonds. The van der Waals surface area contributed by atoms with Gasteiger partial charge in [0.05, 0.1) is 0 Å². The van der Waals surface area contributed by atoms with Crippen LogP contribution in [-0.2, 0) is 11.2 Å². The van der Waals surface area contributed by atoms with Crippen molar-refractivity contribution < 1.29 is 4.74 Å². The van der Waals surface area contributed by atoms with Crippen LogP contribution in [0.15, 0.2) is 41.8 Å². The quantitative estimate of drug-likeness (QED) is 0.755. The van der Waals surface area contributed by atoms with Crippen LogP contribution in [0.1, 0.15) is 28.5 Å². The summed E-state index contributed by atoms with van der Waals surface area (Å²) < 4.78 is 6.16. The monoisotopic (exact) mass is 298 g/mol.